The summed E-state index contributed by atoms with van der Waals surface area (Å²) < 4.78 is 29.9. The zero-order valence-corrected chi connectivity index (χ0v) is 19.9. The van der Waals surface area contributed by atoms with Crippen LogP contribution < -0.4 is 5.01 Å². The van der Waals surface area contributed by atoms with Crippen LogP contribution in [-0.2, 0) is 10.0 Å². The van der Waals surface area contributed by atoms with Gasteiger partial charge >= 0.3 is 0 Å². The second kappa shape index (κ2) is 8.42. The van der Waals surface area contributed by atoms with E-state index >= 15 is 0 Å². The van der Waals surface area contributed by atoms with Gasteiger partial charge in [-0.15, -0.1) is 0 Å². The molecular weight excluding hydrogens is 452 g/mol. The molecule has 1 N–H and O–H groups in total. The summed E-state index contributed by atoms with van der Waals surface area (Å²) in [5, 5.41) is 22.3. The molecule has 1 fully saturated rings. The number of rotatable bonds is 5. The van der Waals surface area contributed by atoms with Crippen molar-refractivity contribution in [1.29, 1.82) is 5.26 Å². The van der Waals surface area contributed by atoms with E-state index in [0.717, 1.165) is 23.9 Å². The van der Waals surface area contributed by atoms with Crippen LogP contribution in [0.4, 0.5) is 0 Å². The predicted octanol–water partition coefficient (Wildman–Crippen LogP) is 3.25. The number of benzene rings is 1. The van der Waals surface area contributed by atoms with Crippen molar-refractivity contribution >= 4 is 32.1 Å². The van der Waals surface area contributed by atoms with Crippen LogP contribution in [0.2, 0.25) is 0 Å². The maximum atomic E-state index is 13.4. The SMILES string of the molecule is Cc1ccc(S(=O)(=O)n2ccc3c2ncc2nc([C@@H](C)O)n(N4CCC(CC#N)CC4)c23)cc1. The Morgan fingerprint density at radius 1 is 1.21 bits per heavy atom. The molecule has 3 aromatic heterocycles. The molecular formula is C24H26N6O3S. The minimum Gasteiger partial charge on any atom is -0.385 e. The monoisotopic (exact) mass is 478 g/mol. The molecule has 1 saturated heterocycles. The minimum atomic E-state index is -3.84. The molecule has 1 aliphatic heterocycles. The van der Waals surface area contributed by atoms with Gasteiger partial charge in [-0.05, 0) is 50.8 Å². The number of nitrogens with zero attached hydrogens (tertiary/aromatic N) is 6. The molecule has 34 heavy (non-hydrogen) atoms. The Labute approximate surface area is 197 Å². The number of hydrogen-bond acceptors (Lipinski definition) is 7. The van der Waals surface area contributed by atoms with E-state index in [1.165, 1.54) is 10.2 Å². The van der Waals surface area contributed by atoms with Crippen molar-refractivity contribution in [2.24, 2.45) is 5.92 Å². The first kappa shape index (κ1) is 22.4. The van der Waals surface area contributed by atoms with Gasteiger partial charge in [-0.3, -0.25) is 0 Å². The summed E-state index contributed by atoms with van der Waals surface area (Å²) in [5.74, 6) is 0.839. The molecule has 5 rings (SSSR count). The molecule has 0 bridgehead atoms. The molecule has 4 aromatic rings. The number of aromatic nitrogens is 4. The number of hydrogen-bond donors (Lipinski definition) is 1. The molecule has 0 unspecified atom stereocenters. The number of aliphatic hydroxyl groups is 1. The average Bonchev–Trinajstić information content (AvgIpc) is 3.42. The molecule has 0 aliphatic carbocycles. The largest absolute Gasteiger partial charge is 0.385 e. The first-order chi connectivity index (χ1) is 16.3. The highest BCUT2D eigenvalue weighted by molar-refractivity contribution is 7.90. The number of imidazole rings is 1. The summed E-state index contributed by atoms with van der Waals surface area (Å²) >= 11 is 0. The van der Waals surface area contributed by atoms with Gasteiger partial charge in [0.1, 0.15) is 17.1 Å². The fraction of sp³-hybridized carbons (Fsp3) is 0.375. The van der Waals surface area contributed by atoms with E-state index in [1.54, 1.807) is 43.5 Å². The van der Waals surface area contributed by atoms with Crippen molar-refractivity contribution in [1.82, 2.24) is 18.6 Å². The quantitative estimate of drug-likeness (QED) is 0.468. The number of pyridine rings is 1. The van der Waals surface area contributed by atoms with Crippen molar-refractivity contribution in [2.45, 2.75) is 44.1 Å². The van der Waals surface area contributed by atoms with E-state index in [0.29, 0.717) is 47.8 Å². The van der Waals surface area contributed by atoms with Crippen molar-refractivity contribution < 1.29 is 13.5 Å². The first-order valence-electron chi connectivity index (χ1n) is 11.3. The second-order valence-electron chi connectivity index (χ2n) is 8.88. The summed E-state index contributed by atoms with van der Waals surface area (Å²) in [6, 6.07) is 10.7. The van der Waals surface area contributed by atoms with Gasteiger partial charge in [-0.1, -0.05) is 17.7 Å². The van der Waals surface area contributed by atoms with E-state index in [1.807, 2.05) is 11.6 Å². The summed E-state index contributed by atoms with van der Waals surface area (Å²) in [4.78, 5) is 9.27. The highest BCUT2D eigenvalue weighted by Crippen LogP contribution is 2.31. The topological polar surface area (TPSA) is 117 Å². The van der Waals surface area contributed by atoms with Crippen LogP contribution in [0.3, 0.4) is 0 Å². The molecule has 0 spiro atoms. The average molecular weight is 479 g/mol. The summed E-state index contributed by atoms with van der Waals surface area (Å²) in [5.41, 5.74) is 2.60. The summed E-state index contributed by atoms with van der Waals surface area (Å²) in [6.45, 7) is 5.00. The van der Waals surface area contributed by atoms with Crippen LogP contribution in [0.1, 0.15) is 43.7 Å². The molecule has 1 aliphatic rings. The van der Waals surface area contributed by atoms with Gasteiger partial charge in [0.25, 0.3) is 10.0 Å². The number of aliphatic hydroxyl groups excluding tert-OH is 1. The van der Waals surface area contributed by atoms with E-state index in [2.05, 4.69) is 21.0 Å². The fourth-order valence-corrected chi connectivity index (χ4v) is 5.96. The lowest BCUT2D eigenvalue weighted by molar-refractivity contribution is 0.182. The van der Waals surface area contributed by atoms with Crippen LogP contribution in [0.25, 0.3) is 22.1 Å². The van der Waals surface area contributed by atoms with Gasteiger partial charge in [-0.2, -0.15) is 5.26 Å². The predicted molar refractivity (Wildman–Crippen MR) is 128 cm³/mol. The Morgan fingerprint density at radius 2 is 1.91 bits per heavy atom. The van der Waals surface area contributed by atoms with Crippen LogP contribution >= 0.6 is 0 Å². The van der Waals surface area contributed by atoms with Gasteiger partial charge in [-0.25, -0.2) is 27.0 Å². The van der Waals surface area contributed by atoms with Gasteiger partial charge in [0.15, 0.2) is 11.5 Å². The molecule has 10 heteroatoms. The van der Waals surface area contributed by atoms with Crippen molar-refractivity contribution in [2.75, 3.05) is 18.1 Å². The van der Waals surface area contributed by atoms with Crippen LogP contribution in [-0.4, -0.2) is 45.2 Å². The smallest absolute Gasteiger partial charge is 0.269 e. The number of piperidine rings is 1. The fourth-order valence-electron chi connectivity index (χ4n) is 4.66. The Kier molecular flexibility index (Phi) is 5.54. The minimum absolute atomic E-state index is 0.190. The molecule has 1 aromatic carbocycles. The zero-order chi connectivity index (χ0) is 24.0. The third-order valence-corrected chi connectivity index (χ3v) is 8.18. The van der Waals surface area contributed by atoms with Crippen molar-refractivity contribution in [3.8, 4) is 6.07 Å². The lowest BCUT2D eigenvalue weighted by Crippen LogP contribution is -2.42. The lowest BCUT2D eigenvalue weighted by Gasteiger charge is -2.35. The van der Waals surface area contributed by atoms with Gasteiger partial charge < -0.3 is 10.1 Å². The standard InChI is InChI=1S/C24H26N6O3S/c1-16-3-5-19(6-4-16)34(32,33)29-14-10-20-22-21(15-26-24(20)29)27-23(17(2)31)30(22)28-12-8-18(7-11-25)9-13-28/h3-6,10,14-15,17-18,31H,7-9,12-13H2,1-2H3/t17-/m1/s1. The molecule has 4 heterocycles. The maximum Gasteiger partial charge on any atom is 0.269 e. The Bertz CT molecular complexity index is 1500. The third kappa shape index (κ3) is 3.61. The first-order valence-corrected chi connectivity index (χ1v) is 12.8. The van der Waals surface area contributed by atoms with Crippen LogP contribution in [0, 0.1) is 24.2 Å². The van der Waals surface area contributed by atoms with E-state index in [-0.39, 0.29) is 4.90 Å². The highest BCUT2D eigenvalue weighted by atomic mass is 32.2. The Morgan fingerprint density at radius 3 is 2.56 bits per heavy atom. The van der Waals surface area contributed by atoms with Gasteiger partial charge in [0.2, 0.25) is 0 Å². The van der Waals surface area contributed by atoms with Crippen LogP contribution in [0.5, 0.6) is 0 Å². The highest BCUT2D eigenvalue weighted by Gasteiger charge is 2.28. The normalized spacial score (nSPS) is 16.2. The lowest BCUT2D eigenvalue weighted by atomic mass is 9.95. The number of fused-ring (bicyclic) bond motifs is 3. The molecule has 0 radical (unpaired) electrons. The second-order valence-corrected chi connectivity index (χ2v) is 10.7. The summed E-state index contributed by atoms with van der Waals surface area (Å²) in [6.07, 6.45) is 4.52. The molecule has 9 nitrogen and oxygen atoms in total. The maximum absolute atomic E-state index is 13.4. The third-order valence-electron chi connectivity index (χ3n) is 6.50. The van der Waals surface area contributed by atoms with E-state index in [4.69, 9.17) is 5.26 Å². The number of aryl methyl sites for hydroxylation is 1. The van der Waals surface area contributed by atoms with E-state index < -0.39 is 16.1 Å². The molecule has 176 valence electrons. The van der Waals surface area contributed by atoms with Gasteiger partial charge in [0, 0.05) is 31.1 Å². The number of nitriles is 1. The van der Waals surface area contributed by atoms with Crippen molar-refractivity contribution in [3.05, 3.63) is 54.1 Å². The molecule has 1 atom stereocenters. The molecule has 0 saturated carbocycles. The summed E-state index contributed by atoms with van der Waals surface area (Å²) in [7, 11) is -3.84. The zero-order valence-electron chi connectivity index (χ0n) is 19.1. The van der Waals surface area contributed by atoms with Gasteiger partial charge in [0.05, 0.1) is 17.2 Å². The van der Waals surface area contributed by atoms with E-state index in [9.17, 15) is 13.5 Å². The Balaban J connectivity index is 1.66. The van der Waals surface area contributed by atoms with Crippen molar-refractivity contribution in [3.63, 3.8) is 0 Å². The van der Waals surface area contributed by atoms with Crippen LogP contribution in [0.15, 0.2) is 47.6 Å². The Hall–Kier alpha value is -3.42. The molecule has 0 amide bonds.